The van der Waals surface area contributed by atoms with Gasteiger partial charge in [0.15, 0.2) is 16.4 Å². The Morgan fingerprint density at radius 3 is 2.32 bits per heavy atom. The molecule has 1 amide bonds. The van der Waals surface area contributed by atoms with E-state index in [2.05, 4.69) is 5.32 Å². The molecule has 132 valence electrons. The summed E-state index contributed by atoms with van der Waals surface area (Å²) in [6.07, 6.45) is 2.95. The maximum atomic E-state index is 12.1. The Bertz CT molecular complexity index is 876. The third-order valence-electron chi connectivity index (χ3n) is 3.21. The van der Waals surface area contributed by atoms with Gasteiger partial charge in [-0.25, -0.2) is 13.2 Å². The number of rotatable bonds is 6. The normalized spacial score (nSPS) is 11.0. The Hall–Kier alpha value is -2.32. The SMILES string of the molecule is CSc1ccc(NC(=O)COC(=O)c2ccccc2S(C)(=O)=O)cc1. The molecule has 0 saturated carbocycles. The second kappa shape index (κ2) is 8.17. The van der Waals surface area contributed by atoms with Gasteiger partial charge in [-0.1, -0.05) is 12.1 Å². The fourth-order valence-corrected chi connectivity index (χ4v) is 3.32. The number of amides is 1. The first kappa shape index (κ1) is 19.0. The highest BCUT2D eigenvalue weighted by atomic mass is 32.2. The highest BCUT2D eigenvalue weighted by Crippen LogP contribution is 2.18. The van der Waals surface area contributed by atoms with Gasteiger partial charge in [-0.05, 0) is 42.7 Å². The van der Waals surface area contributed by atoms with E-state index in [1.54, 1.807) is 23.9 Å². The van der Waals surface area contributed by atoms with Crippen molar-refractivity contribution in [2.45, 2.75) is 9.79 Å². The van der Waals surface area contributed by atoms with Gasteiger partial charge in [-0.15, -0.1) is 11.8 Å². The van der Waals surface area contributed by atoms with E-state index in [-0.39, 0.29) is 10.5 Å². The summed E-state index contributed by atoms with van der Waals surface area (Å²) in [7, 11) is -3.58. The first-order valence-corrected chi connectivity index (χ1v) is 10.3. The third-order valence-corrected chi connectivity index (χ3v) is 5.11. The number of benzene rings is 2. The molecule has 0 aliphatic heterocycles. The van der Waals surface area contributed by atoms with Gasteiger partial charge in [0.25, 0.3) is 5.91 Å². The lowest BCUT2D eigenvalue weighted by molar-refractivity contribution is -0.119. The van der Waals surface area contributed by atoms with Crippen LogP contribution < -0.4 is 5.32 Å². The molecule has 25 heavy (non-hydrogen) atoms. The number of anilines is 1. The monoisotopic (exact) mass is 379 g/mol. The molecule has 0 aliphatic carbocycles. The van der Waals surface area contributed by atoms with Crippen LogP contribution in [0.25, 0.3) is 0 Å². The summed E-state index contributed by atoms with van der Waals surface area (Å²) < 4.78 is 28.3. The predicted octanol–water partition coefficient (Wildman–Crippen LogP) is 2.61. The molecular formula is C17H17NO5S2. The number of ether oxygens (including phenoxy) is 1. The smallest absolute Gasteiger partial charge is 0.339 e. The van der Waals surface area contributed by atoms with Crippen LogP contribution in [0.3, 0.4) is 0 Å². The summed E-state index contributed by atoms with van der Waals surface area (Å²) in [4.78, 5) is 24.9. The molecular weight excluding hydrogens is 362 g/mol. The summed E-state index contributed by atoms with van der Waals surface area (Å²) in [5, 5.41) is 2.60. The van der Waals surface area contributed by atoms with Crippen molar-refractivity contribution in [1.29, 1.82) is 0 Å². The molecule has 0 fully saturated rings. The molecule has 1 N–H and O–H groups in total. The fourth-order valence-electron chi connectivity index (χ4n) is 2.04. The van der Waals surface area contributed by atoms with Gasteiger partial charge in [0, 0.05) is 16.8 Å². The Morgan fingerprint density at radius 1 is 1.08 bits per heavy atom. The number of thioether (sulfide) groups is 1. The van der Waals surface area contributed by atoms with Gasteiger partial charge < -0.3 is 10.1 Å². The highest BCUT2D eigenvalue weighted by molar-refractivity contribution is 7.98. The second-order valence-corrected chi connectivity index (χ2v) is 7.98. The van der Waals surface area contributed by atoms with E-state index in [9.17, 15) is 18.0 Å². The summed E-state index contributed by atoms with van der Waals surface area (Å²) in [6, 6.07) is 12.9. The topological polar surface area (TPSA) is 89.5 Å². The summed E-state index contributed by atoms with van der Waals surface area (Å²) >= 11 is 1.58. The van der Waals surface area contributed by atoms with E-state index in [0.717, 1.165) is 11.2 Å². The quantitative estimate of drug-likeness (QED) is 0.613. The maximum Gasteiger partial charge on any atom is 0.339 e. The lowest BCUT2D eigenvalue weighted by Gasteiger charge is -2.09. The molecule has 0 atom stereocenters. The zero-order chi connectivity index (χ0) is 18.4. The predicted molar refractivity (Wildman–Crippen MR) is 96.7 cm³/mol. The molecule has 0 bridgehead atoms. The summed E-state index contributed by atoms with van der Waals surface area (Å²) in [5.41, 5.74) is 0.484. The van der Waals surface area contributed by atoms with E-state index in [0.29, 0.717) is 5.69 Å². The largest absolute Gasteiger partial charge is 0.452 e. The number of nitrogens with one attached hydrogen (secondary N) is 1. The standard InChI is InChI=1S/C17H17NO5S2/c1-24-13-9-7-12(8-10-13)18-16(19)11-23-17(20)14-5-3-4-6-15(14)25(2,21)22/h3-10H,11H2,1-2H3,(H,18,19). The van der Waals surface area contributed by atoms with Gasteiger partial charge in [0.2, 0.25) is 0 Å². The van der Waals surface area contributed by atoms with E-state index >= 15 is 0 Å². The number of sulfone groups is 1. The Balaban J connectivity index is 1.99. The van der Waals surface area contributed by atoms with Crippen LogP contribution in [0.5, 0.6) is 0 Å². The molecule has 0 spiro atoms. The Kier molecular flexibility index (Phi) is 6.22. The molecule has 8 heteroatoms. The number of carbonyl (C=O) groups is 2. The van der Waals surface area contributed by atoms with Crippen molar-refractivity contribution in [2.24, 2.45) is 0 Å². The number of hydrogen-bond donors (Lipinski definition) is 1. The molecule has 2 aromatic carbocycles. The minimum absolute atomic E-state index is 0.0953. The van der Waals surface area contributed by atoms with Gasteiger partial charge in [0.1, 0.15) is 0 Å². The molecule has 0 heterocycles. The van der Waals surface area contributed by atoms with E-state index in [1.807, 2.05) is 18.4 Å². The first-order chi connectivity index (χ1) is 11.8. The number of hydrogen-bond acceptors (Lipinski definition) is 6. The molecule has 0 aliphatic rings. The summed E-state index contributed by atoms with van der Waals surface area (Å²) in [6.45, 7) is -0.513. The number of carbonyl (C=O) groups excluding carboxylic acids is 2. The Morgan fingerprint density at radius 2 is 1.72 bits per heavy atom. The minimum atomic E-state index is -3.58. The van der Waals surface area contributed by atoms with Crippen molar-refractivity contribution in [3.8, 4) is 0 Å². The molecule has 2 rings (SSSR count). The highest BCUT2D eigenvalue weighted by Gasteiger charge is 2.20. The molecule has 0 radical (unpaired) electrons. The fraction of sp³-hybridized carbons (Fsp3) is 0.176. The number of esters is 1. The van der Waals surface area contributed by atoms with Crippen LogP contribution in [-0.4, -0.2) is 39.4 Å². The minimum Gasteiger partial charge on any atom is -0.452 e. The third kappa shape index (κ3) is 5.33. The van der Waals surface area contributed by atoms with Crippen molar-refractivity contribution in [3.63, 3.8) is 0 Å². The zero-order valence-corrected chi connectivity index (χ0v) is 15.3. The maximum absolute atomic E-state index is 12.1. The van der Waals surface area contributed by atoms with Gasteiger partial charge >= 0.3 is 5.97 Å². The van der Waals surface area contributed by atoms with Crippen LogP contribution in [0, 0.1) is 0 Å². The van der Waals surface area contributed by atoms with Crippen molar-refractivity contribution in [1.82, 2.24) is 0 Å². The molecule has 6 nitrogen and oxygen atoms in total. The first-order valence-electron chi connectivity index (χ1n) is 7.21. The van der Waals surface area contributed by atoms with Gasteiger partial charge in [-0.3, -0.25) is 4.79 Å². The van der Waals surface area contributed by atoms with Crippen molar-refractivity contribution in [3.05, 3.63) is 54.1 Å². The average Bonchev–Trinajstić information content (AvgIpc) is 2.59. The molecule has 0 saturated heterocycles. The van der Waals surface area contributed by atoms with E-state index in [1.165, 1.54) is 24.3 Å². The van der Waals surface area contributed by atoms with E-state index < -0.39 is 28.3 Å². The lowest BCUT2D eigenvalue weighted by atomic mass is 10.2. The molecule has 0 unspecified atom stereocenters. The van der Waals surface area contributed by atoms with Crippen molar-refractivity contribution < 1.29 is 22.7 Å². The van der Waals surface area contributed by atoms with Crippen LogP contribution in [0.4, 0.5) is 5.69 Å². The van der Waals surface area contributed by atoms with Crippen LogP contribution >= 0.6 is 11.8 Å². The van der Waals surface area contributed by atoms with E-state index in [4.69, 9.17) is 4.74 Å². The van der Waals surface area contributed by atoms with Crippen molar-refractivity contribution >= 4 is 39.2 Å². The second-order valence-electron chi connectivity index (χ2n) is 5.12. The van der Waals surface area contributed by atoms with Crippen molar-refractivity contribution in [2.75, 3.05) is 24.4 Å². The van der Waals surface area contributed by atoms with Crippen LogP contribution in [0.15, 0.2) is 58.3 Å². The lowest BCUT2D eigenvalue weighted by Crippen LogP contribution is -2.21. The van der Waals surface area contributed by atoms with Crippen LogP contribution in [0.1, 0.15) is 10.4 Å². The van der Waals surface area contributed by atoms with Gasteiger partial charge in [-0.2, -0.15) is 0 Å². The molecule has 0 aromatic heterocycles. The van der Waals surface area contributed by atoms with Crippen LogP contribution in [-0.2, 0) is 19.4 Å². The average molecular weight is 379 g/mol. The Labute approximate surface area is 150 Å². The molecule has 2 aromatic rings. The zero-order valence-electron chi connectivity index (χ0n) is 13.7. The van der Waals surface area contributed by atoms with Crippen LogP contribution in [0.2, 0.25) is 0 Å². The van der Waals surface area contributed by atoms with Gasteiger partial charge in [0.05, 0.1) is 10.5 Å². The summed E-state index contributed by atoms with van der Waals surface area (Å²) in [5.74, 6) is -1.38.